The predicted molar refractivity (Wildman–Crippen MR) is 64.1 cm³/mol. The molecule has 0 aliphatic carbocycles. The van der Waals surface area contributed by atoms with Gasteiger partial charge in [-0.3, -0.25) is 0 Å². The largest absolute Gasteiger partial charge is 0.504 e. The van der Waals surface area contributed by atoms with Crippen LogP contribution >= 0.6 is 31.9 Å². The lowest BCUT2D eigenvalue weighted by Crippen LogP contribution is -2.01. The molecule has 1 rings (SSSR count). The quantitative estimate of drug-likeness (QED) is 0.658. The summed E-state index contributed by atoms with van der Waals surface area (Å²) in [5, 5.41) is 18.8. The molecule has 82 valence electrons. The number of hydrogen-bond donors (Lipinski definition) is 2. The Kier molecular flexibility index (Phi) is 4.16. The first-order valence-electron chi connectivity index (χ1n) is 4.31. The number of carbonyl (C=O) groups excluding carboxylic acids is 1. The molecule has 15 heavy (non-hydrogen) atoms. The minimum Gasteiger partial charge on any atom is -0.504 e. The van der Waals surface area contributed by atoms with E-state index in [0.717, 1.165) is 11.8 Å². The number of phenolic OH excluding ortho intramolecular Hbond substituents is 2. The maximum absolute atomic E-state index is 10.5. The van der Waals surface area contributed by atoms with Gasteiger partial charge in [-0.1, -0.05) is 6.92 Å². The highest BCUT2D eigenvalue weighted by atomic mass is 79.9. The molecule has 0 amide bonds. The third-order valence-corrected chi connectivity index (χ3v) is 4.22. The van der Waals surface area contributed by atoms with Crippen molar-refractivity contribution in [2.75, 3.05) is 0 Å². The fraction of sp³-hybridized carbons (Fsp3) is 0.300. The first kappa shape index (κ1) is 12.5. The monoisotopic (exact) mass is 336 g/mol. The molecule has 3 nitrogen and oxygen atoms in total. The summed E-state index contributed by atoms with van der Waals surface area (Å²) < 4.78 is 1.06. The van der Waals surface area contributed by atoms with Crippen LogP contribution in [0.25, 0.3) is 0 Å². The van der Waals surface area contributed by atoms with Crippen LogP contribution in [0, 0.1) is 5.92 Å². The van der Waals surface area contributed by atoms with Gasteiger partial charge in [-0.2, -0.15) is 0 Å². The van der Waals surface area contributed by atoms with Gasteiger partial charge >= 0.3 is 0 Å². The van der Waals surface area contributed by atoms with Gasteiger partial charge in [-0.15, -0.1) is 0 Å². The molecule has 0 fully saturated rings. The lowest BCUT2D eigenvalue weighted by atomic mass is 10.0. The summed E-state index contributed by atoms with van der Waals surface area (Å²) in [5.74, 6) is -0.528. The van der Waals surface area contributed by atoms with Crippen LogP contribution in [0.4, 0.5) is 0 Å². The van der Waals surface area contributed by atoms with Gasteiger partial charge in [0.05, 0.1) is 4.47 Å². The van der Waals surface area contributed by atoms with Crippen molar-refractivity contribution < 1.29 is 15.0 Å². The molecule has 0 bridgehead atoms. The van der Waals surface area contributed by atoms with Crippen molar-refractivity contribution in [3.8, 4) is 11.5 Å². The standard InChI is InChI=1S/C10H10Br2O3/c1-5(4-13)2-6-3-7(14)10(15)9(12)8(6)11/h3-5,14-15H,2H2,1H3/t5-/m1/s1. The second-order valence-electron chi connectivity index (χ2n) is 3.35. The number of hydrogen-bond acceptors (Lipinski definition) is 3. The Morgan fingerprint density at radius 1 is 1.40 bits per heavy atom. The molecule has 0 aliphatic heterocycles. The third kappa shape index (κ3) is 2.72. The minimum absolute atomic E-state index is 0.128. The van der Waals surface area contributed by atoms with Crippen LogP contribution in [-0.2, 0) is 11.2 Å². The van der Waals surface area contributed by atoms with E-state index in [1.54, 1.807) is 6.92 Å². The van der Waals surface area contributed by atoms with Crippen LogP contribution in [0.3, 0.4) is 0 Å². The lowest BCUT2D eigenvalue weighted by molar-refractivity contribution is -0.110. The summed E-state index contributed by atoms with van der Waals surface area (Å²) in [6, 6.07) is 1.45. The average Bonchev–Trinajstić information content (AvgIpc) is 2.22. The highest BCUT2D eigenvalue weighted by Crippen LogP contribution is 2.41. The van der Waals surface area contributed by atoms with Gasteiger partial charge in [0.1, 0.15) is 6.29 Å². The molecule has 1 aromatic carbocycles. The molecule has 5 heteroatoms. The molecular formula is C10H10Br2O3. The van der Waals surface area contributed by atoms with Crippen LogP contribution < -0.4 is 0 Å². The van der Waals surface area contributed by atoms with Gasteiger partial charge in [0.25, 0.3) is 0 Å². The lowest BCUT2D eigenvalue weighted by Gasteiger charge is -2.10. The molecule has 0 saturated carbocycles. The Hall–Kier alpha value is -0.550. The first-order chi connectivity index (χ1) is 6.97. The van der Waals surface area contributed by atoms with E-state index in [9.17, 15) is 15.0 Å². The van der Waals surface area contributed by atoms with E-state index < -0.39 is 0 Å². The Morgan fingerprint density at radius 3 is 2.53 bits per heavy atom. The maximum Gasteiger partial charge on any atom is 0.173 e. The zero-order chi connectivity index (χ0) is 11.6. The van der Waals surface area contributed by atoms with Crippen molar-refractivity contribution in [3.05, 3.63) is 20.6 Å². The van der Waals surface area contributed by atoms with E-state index in [0.29, 0.717) is 15.4 Å². The van der Waals surface area contributed by atoms with E-state index in [1.165, 1.54) is 6.07 Å². The molecule has 0 heterocycles. The topological polar surface area (TPSA) is 57.5 Å². The zero-order valence-corrected chi connectivity index (χ0v) is 11.2. The van der Waals surface area contributed by atoms with Gasteiger partial charge < -0.3 is 15.0 Å². The minimum atomic E-state index is -0.204. The Morgan fingerprint density at radius 2 is 2.00 bits per heavy atom. The van der Waals surface area contributed by atoms with Gasteiger partial charge in [0.15, 0.2) is 11.5 Å². The SMILES string of the molecule is C[C@@H](C=O)Cc1cc(O)c(O)c(Br)c1Br. The summed E-state index contributed by atoms with van der Waals surface area (Å²) in [6.45, 7) is 1.79. The molecule has 0 saturated heterocycles. The van der Waals surface area contributed by atoms with Crippen molar-refractivity contribution in [2.24, 2.45) is 5.92 Å². The number of halogens is 2. The number of aromatic hydroxyl groups is 2. The molecule has 0 aliphatic rings. The third-order valence-electron chi connectivity index (χ3n) is 2.01. The van der Waals surface area contributed by atoms with E-state index in [4.69, 9.17) is 0 Å². The second-order valence-corrected chi connectivity index (χ2v) is 4.93. The number of rotatable bonds is 3. The summed E-state index contributed by atoms with van der Waals surface area (Å²) >= 11 is 6.44. The molecule has 0 aromatic heterocycles. The normalized spacial score (nSPS) is 12.5. The first-order valence-corrected chi connectivity index (χ1v) is 5.90. The molecule has 1 atom stereocenters. The van der Waals surface area contributed by atoms with Crippen molar-refractivity contribution in [2.45, 2.75) is 13.3 Å². The molecule has 0 unspecified atom stereocenters. The number of carbonyl (C=O) groups is 1. The Balaban J connectivity index is 3.14. The van der Waals surface area contributed by atoms with E-state index in [1.807, 2.05) is 0 Å². The van der Waals surface area contributed by atoms with Crippen LogP contribution in [0.1, 0.15) is 12.5 Å². The average molecular weight is 338 g/mol. The molecule has 1 aromatic rings. The highest BCUT2D eigenvalue weighted by molar-refractivity contribution is 9.13. The van der Waals surface area contributed by atoms with Crippen molar-refractivity contribution in [1.29, 1.82) is 0 Å². The number of aldehydes is 1. The maximum atomic E-state index is 10.5. The second kappa shape index (κ2) is 4.99. The van der Waals surface area contributed by atoms with Crippen LogP contribution in [0.5, 0.6) is 11.5 Å². The van der Waals surface area contributed by atoms with Gasteiger partial charge in [0.2, 0.25) is 0 Å². The van der Waals surface area contributed by atoms with Crippen LogP contribution in [0.2, 0.25) is 0 Å². The molecule has 0 spiro atoms. The Bertz CT molecular complexity index is 391. The summed E-state index contributed by atoms with van der Waals surface area (Å²) in [5.41, 5.74) is 0.775. The van der Waals surface area contributed by atoms with E-state index in [2.05, 4.69) is 31.9 Å². The summed E-state index contributed by atoms with van der Waals surface area (Å²) in [6.07, 6.45) is 1.36. The fourth-order valence-corrected chi connectivity index (χ4v) is 2.12. The van der Waals surface area contributed by atoms with E-state index in [-0.39, 0.29) is 17.4 Å². The highest BCUT2D eigenvalue weighted by Gasteiger charge is 2.15. The van der Waals surface area contributed by atoms with Crippen molar-refractivity contribution in [1.82, 2.24) is 0 Å². The van der Waals surface area contributed by atoms with Crippen LogP contribution in [0.15, 0.2) is 15.0 Å². The predicted octanol–water partition coefficient (Wildman–Crippen LogP) is 3.00. The van der Waals surface area contributed by atoms with Gasteiger partial charge in [-0.25, -0.2) is 0 Å². The van der Waals surface area contributed by atoms with Crippen molar-refractivity contribution >= 4 is 38.1 Å². The molecular weight excluding hydrogens is 328 g/mol. The summed E-state index contributed by atoms with van der Waals surface area (Å²) in [7, 11) is 0. The number of benzene rings is 1. The number of phenols is 2. The molecule has 2 N–H and O–H groups in total. The van der Waals surface area contributed by atoms with E-state index >= 15 is 0 Å². The Labute approximate surface area is 104 Å². The summed E-state index contributed by atoms with van der Waals surface area (Å²) in [4.78, 5) is 10.5. The van der Waals surface area contributed by atoms with Gasteiger partial charge in [0, 0.05) is 10.4 Å². The zero-order valence-electron chi connectivity index (χ0n) is 8.00. The van der Waals surface area contributed by atoms with Gasteiger partial charge in [-0.05, 0) is 49.9 Å². The van der Waals surface area contributed by atoms with Crippen LogP contribution in [-0.4, -0.2) is 16.5 Å². The smallest absolute Gasteiger partial charge is 0.173 e. The fourth-order valence-electron chi connectivity index (χ4n) is 1.20. The van der Waals surface area contributed by atoms with Crippen molar-refractivity contribution in [3.63, 3.8) is 0 Å². The molecule has 0 radical (unpaired) electrons.